The van der Waals surface area contributed by atoms with E-state index in [1.807, 2.05) is 0 Å². The Balaban J connectivity index is 4.04. The van der Waals surface area contributed by atoms with Crippen LogP contribution in [0.1, 0.15) is 245 Å². The van der Waals surface area contributed by atoms with E-state index < -0.39 is 26.5 Å². The standard InChI is InChI=1S/C57H102NO8P/c1-3-5-7-9-11-13-15-17-19-21-23-24-25-26-27-28-29-30-32-34-36-38-40-42-44-46-48-50-57(60)66-55(54-65-67(61,62)64-52-51-58)53-63-56(59)49-47-45-43-41-39-37-35-33-31-22-20-18-16-14-12-10-8-6-4-2/h5,7,11,13,17,19,23-24,26-27,29-30,55H,3-4,6,8-10,12,14-16,18,20-22,25,28,31-54,58H2,1-2H3,(H,61,62)/b7-5-,13-11-,19-17-,24-23-,27-26-,30-29-. The van der Waals surface area contributed by atoms with E-state index in [-0.39, 0.29) is 38.6 Å². The molecule has 0 aliphatic carbocycles. The largest absolute Gasteiger partial charge is 0.472 e. The van der Waals surface area contributed by atoms with Gasteiger partial charge in [0.25, 0.3) is 0 Å². The van der Waals surface area contributed by atoms with Crippen molar-refractivity contribution in [3.05, 3.63) is 72.9 Å². The van der Waals surface area contributed by atoms with Gasteiger partial charge in [-0.25, -0.2) is 4.57 Å². The molecule has 388 valence electrons. The number of phosphoric ester groups is 1. The van der Waals surface area contributed by atoms with E-state index in [1.54, 1.807) is 0 Å². The minimum absolute atomic E-state index is 0.0501. The molecule has 0 radical (unpaired) electrons. The molecule has 2 atom stereocenters. The van der Waals surface area contributed by atoms with E-state index in [9.17, 15) is 19.0 Å². The van der Waals surface area contributed by atoms with Crippen LogP contribution in [0.5, 0.6) is 0 Å². The van der Waals surface area contributed by atoms with Gasteiger partial charge in [0, 0.05) is 19.4 Å². The lowest BCUT2D eigenvalue weighted by Gasteiger charge is -2.19. The molecule has 0 saturated carbocycles. The second-order valence-corrected chi connectivity index (χ2v) is 19.5. The fourth-order valence-electron chi connectivity index (χ4n) is 7.58. The fraction of sp³-hybridized carbons (Fsp3) is 0.754. The first-order valence-electron chi connectivity index (χ1n) is 27.4. The van der Waals surface area contributed by atoms with Crippen molar-refractivity contribution in [3.63, 3.8) is 0 Å². The van der Waals surface area contributed by atoms with Gasteiger partial charge in [-0.15, -0.1) is 0 Å². The first-order valence-corrected chi connectivity index (χ1v) is 28.9. The van der Waals surface area contributed by atoms with Crippen LogP contribution >= 0.6 is 7.82 Å². The lowest BCUT2D eigenvalue weighted by molar-refractivity contribution is -0.161. The smallest absolute Gasteiger partial charge is 0.462 e. The summed E-state index contributed by atoms with van der Waals surface area (Å²) in [7, 11) is -4.39. The number of hydrogen-bond acceptors (Lipinski definition) is 8. The second-order valence-electron chi connectivity index (χ2n) is 18.1. The summed E-state index contributed by atoms with van der Waals surface area (Å²) in [5, 5.41) is 0. The number of carbonyl (C=O) groups excluding carboxylic acids is 2. The Hall–Kier alpha value is -2.55. The highest BCUT2D eigenvalue weighted by molar-refractivity contribution is 7.47. The highest BCUT2D eigenvalue weighted by atomic mass is 31.2. The van der Waals surface area contributed by atoms with Crippen molar-refractivity contribution >= 4 is 19.8 Å². The molecule has 0 aliphatic heterocycles. The van der Waals surface area contributed by atoms with Crippen LogP contribution in [0.2, 0.25) is 0 Å². The number of hydrogen-bond donors (Lipinski definition) is 2. The number of rotatable bonds is 51. The molecule has 0 spiro atoms. The van der Waals surface area contributed by atoms with E-state index in [4.69, 9.17) is 24.3 Å². The zero-order valence-electron chi connectivity index (χ0n) is 43.1. The molecule has 0 aliphatic rings. The Morgan fingerprint density at radius 3 is 1.22 bits per heavy atom. The van der Waals surface area contributed by atoms with Crippen LogP contribution in [0.25, 0.3) is 0 Å². The van der Waals surface area contributed by atoms with E-state index in [0.717, 1.165) is 83.5 Å². The summed E-state index contributed by atoms with van der Waals surface area (Å²) in [6.07, 6.45) is 66.6. The number of allylic oxidation sites excluding steroid dienone is 12. The monoisotopic (exact) mass is 960 g/mol. The van der Waals surface area contributed by atoms with Gasteiger partial charge in [0.05, 0.1) is 13.2 Å². The van der Waals surface area contributed by atoms with Crippen molar-refractivity contribution in [2.24, 2.45) is 5.73 Å². The van der Waals surface area contributed by atoms with Crippen LogP contribution in [-0.4, -0.2) is 49.3 Å². The van der Waals surface area contributed by atoms with Crippen molar-refractivity contribution in [1.82, 2.24) is 0 Å². The quantitative estimate of drug-likeness (QED) is 0.0264. The van der Waals surface area contributed by atoms with Crippen LogP contribution in [-0.2, 0) is 32.7 Å². The summed E-state index contributed by atoms with van der Waals surface area (Å²) >= 11 is 0. The Kier molecular flexibility index (Phi) is 50.8. The lowest BCUT2D eigenvalue weighted by atomic mass is 10.0. The van der Waals surface area contributed by atoms with Crippen molar-refractivity contribution in [2.45, 2.75) is 251 Å². The SMILES string of the molecule is CC/C=C\C/C=C\C/C=C\C/C=C\C/C=C\C/C=C\CCCCCCCCCCC(=O)OC(COC(=O)CCCCCCCCCCCCCCCCCCCCC)COP(=O)(O)OCCN. The van der Waals surface area contributed by atoms with Gasteiger partial charge in [-0.1, -0.05) is 241 Å². The highest BCUT2D eigenvalue weighted by Crippen LogP contribution is 2.43. The van der Waals surface area contributed by atoms with Crippen LogP contribution in [0.4, 0.5) is 0 Å². The molecule has 0 rings (SSSR count). The fourth-order valence-corrected chi connectivity index (χ4v) is 8.35. The zero-order chi connectivity index (χ0) is 48.8. The number of ether oxygens (including phenoxy) is 2. The number of unbranched alkanes of at least 4 members (excludes halogenated alkanes) is 26. The first kappa shape index (κ1) is 64.5. The van der Waals surface area contributed by atoms with Gasteiger partial charge < -0.3 is 20.1 Å². The van der Waals surface area contributed by atoms with Gasteiger partial charge in [-0.05, 0) is 64.2 Å². The van der Waals surface area contributed by atoms with Crippen molar-refractivity contribution in [3.8, 4) is 0 Å². The van der Waals surface area contributed by atoms with Gasteiger partial charge in [-0.3, -0.25) is 18.6 Å². The molecule has 0 aromatic heterocycles. The molecule has 0 saturated heterocycles. The highest BCUT2D eigenvalue weighted by Gasteiger charge is 2.26. The molecule has 0 aromatic rings. The summed E-state index contributed by atoms with van der Waals surface area (Å²) in [5.74, 6) is -0.832. The summed E-state index contributed by atoms with van der Waals surface area (Å²) in [6, 6.07) is 0. The Bertz CT molecular complexity index is 1320. The minimum Gasteiger partial charge on any atom is -0.462 e. The van der Waals surface area contributed by atoms with Gasteiger partial charge in [0.1, 0.15) is 6.61 Å². The maximum atomic E-state index is 12.7. The Morgan fingerprint density at radius 1 is 0.463 bits per heavy atom. The zero-order valence-corrected chi connectivity index (χ0v) is 44.0. The van der Waals surface area contributed by atoms with Crippen molar-refractivity contribution < 1.29 is 37.6 Å². The van der Waals surface area contributed by atoms with Crippen LogP contribution in [0.3, 0.4) is 0 Å². The summed E-state index contributed by atoms with van der Waals surface area (Å²) in [6.45, 7) is 3.64. The van der Waals surface area contributed by atoms with Gasteiger partial charge >= 0.3 is 19.8 Å². The molecule has 0 bridgehead atoms. The van der Waals surface area contributed by atoms with E-state index in [0.29, 0.717) is 6.42 Å². The van der Waals surface area contributed by atoms with Crippen molar-refractivity contribution in [2.75, 3.05) is 26.4 Å². The third-order valence-corrected chi connectivity index (χ3v) is 12.6. The molecule has 0 amide bonds. The molecular formula is C57H102NO8P. The summed E-state index contributed by atoms with van der Waals surface area (Å²) < 4.78 is 33.0. The number of carbonyl (C=O) groups is 2. The molecule has 9 nitrogen and oxygen atoms in total. The summed E-state index contributed by atoms with van der Waals surface area (Å²) in [4.78, 5) is 35.1. The van der Waals surface area contributed by atoms with Crippen LogP contribution in [0.15, 0.2) is 72.9 Å². The van der Waals surface area contributed by atoms with E-state index >= 15 is 0 Å². The number of esters is 2. The lowest BCUT2D eigenvalue weighted by Crippen LogP contribution is -2.29. The van der Waals surface area contributed by atoms with Gasteiger partial charge in [0.15, 0.2) is 6.10 Å². The Labute approximate surface area is 411 Å². The number of phosphoric acid groups is 1. The summed E-state index contributed by atoms with van der Waals surface area (Å²) in [5.41, 5.74) is 5.37. The maximum Gasteiger partial charge on any atom is 0.472 e. The topological polar surface area (TPSA) is 134 Å². The Morgan fingerprint density at radius 2 is 0.821 bits per heavy atom. The van der Waals surface area contributed by atoms with Crippen molar-refractivity contribution in [1.29, 1.82) is 0 Å². The number of nitrogens with two attached hydrogens (primary N) is 1. The molecule has 67 heavy (non-hydrogen) atoms. The normalized spacial score (nSPS) is 13.7. The molecule has 3 N–H and O–H groups in total. The third-order valence-electron chi connectivity index (χ3n) is 11.6. The molecule has 10 heteroatoms. The molecule has 0 fully saturated rings. The predicted octanol–water partition coefficient (Wildman–Crippen LogP) is 17.0. The van der Waals surface area contributed by atoms with Crippen LogP contribution < -0.4 is 5.73 Å². The predicted molar refractivity (Wildman–Crippen MR) is 284 cm³/mol. The van der Waals surface area contributed by atoms with Crippen LogP contribution in [0, 0.1) is 0 Å². The molecule has 0 aromatic carbocycles. The molecular weight excluding hydrogens is 858 g/mol. The average molecular weight is 960 g/mol. The minimum atomic E-state index is -4.39. The third kappa shape index (κ3) is 52.7. The van der Waals surface area contributed by atoms with Gasteiger partial charge in [-0.2, -0.15) is 0 Å². The van der Waals surface area contributed by atoms with E-state index in [2.05, 4.69) is 86.8 Å². The molecule has 2 unspecified atom stereocenters. The first-order chi connectivity index (χ1) is 32.8. The maximum absolute atomic E-state index is 12.7. The second kappa shape index (κ2) is 52.8. The molecule has 0 heterocycles. The van der Waals surface area contributed by atoms with Gasteiger partial charge in [0.2, 0.25) is 0 Å². The van der Waals surface area contributed by atoms with E-state index in [1.165, 1.54) is 128 Å². The average Bonchev–Trinajstić information content (AvgIpc) is 3.32.